The number of pyridine rings is 1. The van der Waals surface area contributed by atoms with Gasteiger partial charge in [-0.05, 0) is 79.3 Å². The number of anilines is 1. The molecule has 0 bridgehead atoms. The van der Waals surface area contributed by atoms with Crippen LogP contribution in [0, 0.1) is 11.8 Å². The third kappa shape index (κ3) is 7.85. The molecule has 0 spiro atoms. The number of hydrazine groups is 1. The smallest absolute Gasteiger partial charge is 0.368 e. The first-order valence-electron chi connectivity index (χ1n) is 14.7. The lowest BCUT2D eigenvalue weighted by Gasteiger charge is -2.30. The number of para-hydroxylation sites is 1. The zero-order chi connectivity index (χ0) is 31.8. The molecule has 13 heteroatoms. The average Bonchev–Trinajstić information content (AvgIpc) is 3.87. The molecule has 2 aromatic carbocycles. The van der Waals surface area contributed by atoms with Gasteiger partial charge >= 0.3 is 12.4 Å². The molecule has 0 radical (unpaired) electrons. The third-order valence-electron chi connectivity index (χ3n) is 7.98. The number of rotatable bonds is 11. The molecule has 2 fully saturated rings. The lowest BCUT2D eigenvalue weighted by atomic mass is 10.0. The van der Waals surface area contributed by atoms with Crippen LogP contribution in [-0.4, -0.2) is 41.1 Å². The van der Waals surface area contributed by atoms with Crippen LogP contribution in [0.1, 0.15) is 60.4 Å². The Morgan fingerprint density at radius 3 is 1.98 bits per heavy atom. The Kier molecular flexibility index (Phi) is 8.88. The first-order valence-corrected chi connectivity index (χ1v) is 14.7. The van der Waals surface area contributed by atoms with E-state index in [4.69, 9.17) is 16.6 Å². The number of aryl methyl sites for hydroxylation is 1. The Balaban J connectivity index is 1.60. The van der Waals surface area contributed by atoms with E-state index in [0.29, 0.717) is 24.0 Å². The van der Waals surface area contributed by atoms with Gasteiger partial charge in [0.2, 0.25) is 5.96 Å². The van der Waals surface area contributed by atoms with E-state index in [1.54, 1.807) is 0 Å². The van der Waals surface area contributed by atoms with Crippen molar-refractivity contribution >= 4 is 22.7 Å². The van der Waals surface area contributed by atoms with Crippen LogP contribution in [0.5, 0.6) is 0 Å². The number of halogens is 6. The standard InChI is InChI=1S/C31H37F6N7/c1-3-22-5-4-6-23-13-24(28(40-27(22)23)43(15-19-7-8-19)16-20-9-10-20)18-44(29(38)41-42(2)39)17-21-11-25(30(32,33)34)14-26(12-21)31(35,36)37/h4-6,11-14,19-20H,3,7-10,15-18,39H2,1-2H3,(H2,38,41). The van der Waals surface area contributed by atoms with E-state index >= 15 is 0 Å². The highest BCUT2D eigenvalue weighted by Crippen LogP contribution is 2.39. The Bertz CT molecular complexity index is 1460. The second-order valence-corrected chi connectivity index (χ2v) is 11.9. The highest BCUT2D eigenvalue weighted by Gasteiger charge is 2.37. The zero-order valence-electron chi connectivity index (χ0n) is 24.7. The maximum atomic E-state index is 13.7. The molecule has 0 amide bonds. The van der Waals surface area contributed by atoms with Crippen LogP contribution in [0.3, 0.4) is 0 Å². The van der Waals surface area contributed by atoms with Gasteiger partial charge in [0.1, 0.15) is 5.82 Å². The van der Waals surface area contributed by atoms with Gasteiger partial charge in [-0.3, -0.25) is 0 Å². The molecular formula is C31H37F6N7. The summed E-state index contributed by atoms with van der Waals surface area (Å²) in [5.41, 5.74) is 5.99. The Hall–Kier alpha value is -3.74. The molecule has 0 aliphatic heterocycles. The number of nitrogens with zero attached hydrogens (tertiary/aromatic N) is 5. The summed E-state index contributed by atoms with van der Waals surface area (Å²) in [5, 5.41) is 5.87. The predicted molar refractivity (Wildman–Crippen MR) is 158 cm³/mol. The Morgan fingerprint density at radius 1 is 0.886 bits per heavy atom. The van der Waals surface area contributed by atoms with Gasteiger partial charge in [-0.15, -0.1) is 5.10 Å². The first kappa shape index (κ1) is 31.7. The van der Waals surface area contributed by atoms with Gasteiger partial charge in [-0.1, -0.05) is 25.1 Å². The molecule has 238 valence electrons. The molecule has 5 rings (SSSR count). The van der Waals surface area contributed by atoms with Crippen LogP contribution >= 0.6 is 0 Å². The van der Waals surface area contributed by atoms with Crippen LogP contribution in [0.4, 0.5) is 32.2 Å². The average molecular weight is 622 g/mol. The van der Waals surface area contributed by atoms with Crippen LogP contribution in [0.25, 0.3) is 10.9 Å². The van der Waals surface area contributed by atoms with E-state index in [2.05, 4.69) is 16.9 Å². The van der Waals surface area contributed by atoms with E-state index in [0.717, 1.165) is 78.2 Å². The molecule has 2 aliphatic rings. The lowest BCUT2D eigenvalue weighted by molar-refractivity contribution is -0.143. The summed E-state index contributed by atoms with van der Waals surface area (Å²) in [5.74, 6) is 7.41. The highest BCUT2D eigenvalue weighted by atomic mass is 19.4. The number of alkyl halides is 6. The van der Waals surface area contributed by atoms with Crippen LogP contribution < -0.4 is 16.5 Å². The van der Waals surface area contributed by atoms with Crippen molar-refractivity contribution in [2.45, 2.75) is 64.5 Å². The molecule has 1 aromatic heterocycles. The molecule has 2 aliphatic carbocycles. The van der Waals surface area contributed by atoms with Crippen molar-refractivity contribution in [2.24, 2.45) is 28.5 Å². The number of guanidine groups is 1. The molecule has 0 atom stereocenters. The fourth-order valence-electron chi connectivity index (χ4n) is 5.42. The van der Waals surface area contributed by atoms with Gasteiger partial charge in [0.25, 0.3) is 0 Å². The third-order valence-corrected chi connectivity index (χ3v) is 7.98. The quantitative estimate of drug-likeness (QED) is 0.0836. The predicted octanol–water partition coefficient (Wildman–Crippen LogP) is 6.50. The van der Waals surface area contributed by atoms with Crippen molar-refractivity contribution in [1.29, 1.82) is 0 Å². The minimum atomic E-state index is -4.98. The van der Waals surface area contributed by atoms with E-state index < -0.39 is 23.5 Å². The van der Waals surface area contributed by atoms with Gasteiger partial charge in [-0.25, -0.2) is 15.9 Å². The molecule has 3 aromatic rings. The fourth-order valence-corrected chi connectivity index (χ4v) is 5.42. The monoisotopic (exact) mass is 621 g/mol. The number of benzene rings is 2. The zero-order valence-corrected chi connectivity index (χ0v) is 24.7. The van der Waals surface area contributed by atoms with E-state index in [1.807, 2.05) is 24.3 Å². The molecule has 7 nitrogen and oxygen atoms in total. The van der Waals surface area contributed by atoms with Crippen LogP contribution in [0.2, 0.25) is 0 Å². The largest absolute Gasteiger partial charge is 0.416 e. The summed E-state index contributed by atoms with van der Waals surface area (Å²) in [6.45, 7) is 3.36. The fraction of sp³-hybridized carbons (Fsp3) is 0.484. The second-order valence-electron chi connectivity index (χ2n) is 11.9. The van der Waals surface area contributed by atoms with Crippen molar-refractivity contribution in [1.82, 2.24) is 15.0 Å². The topological polar surface area (TPSA) is 87.0 Å². The first-order chi connectivity index (χ1) is 20.7. The summed E-state index contributed by atoms with van der Waals surface area (Å²) in [6, 6.07) is 9.44. The second kappa shape index (κ2) is 12.3. The van der Waals surface area contributed by atoms with Crippen molar-refractivity contribution < 1.29 is 26.3 Å². The minimum Gasteiger partial charge on any atom is -0.368 e. The molecule has 0 saturated heterocycles. The highest BCUT2D eigenvalue weighted by molar-refractivity contribution is 5.85. The van der Waals surface area contributed by atoms with E-state index in [9.17, 15) is 26.3 Å². The molecule has 0 unspecified atom stereocenters. The number of fused-ring (bicyclic) bond motifs is 1. The minimum absolute atomic E-state index is 0.0290. The SMILES string of the molecule is CCc1cccc2cc(CN(Cc3cc(C(F)(F)F)cc(C(F)(F)F)c3)/C(N)=N/N(C)N)c(N(CC3CC3)CC3CC3)nc12. The van der Waals surface area contributed by atoms with Gasteiger partial charge in [0.15, 0.2) is 0 Å². The Labute approximate surface area is 252 Å². The van der Waals surface area contributed by atoms with Crippen molar-refractivity contribution in [3.05, 3.63) is 70.3 Å². The number of hydrogen-bond acceptors (Lipinski definition) is 5. The molecule has 4 N–H and O–H groups in total. The van der Waals surface area contributed by atoms with Gasteiger partial charge in [-0.2, -0.15) is 26.3 Å². The van der Waals surface area contributed by atoms with Gasteiger partial charge in [0.05, 0.1) is 16.6 Å². The normalized spacial score (nSPS) is 16.0. The summed E-state index contributed by atoms with van der Waals surface area (Å²) in [7, 11) is 1.42. The number of hydrazone groups is 1. The lowest BCUT2D eigenvalue weighted by Crippen LogP contribution is -2.40. The molecule has 1 heterocycles. The maximum absolute atomic E-state index is 13.7. The molecular weight excluding hydrogens is 584 g/mol. The number of nitrogens with two attached hydrogens (primary N) is 2. The summed E-state index contributed by atoms with van der Waals surface area (Å²) < 4.78 is 81.9. The Morgan fingerprint density at radius 2 is 1.48 bits per heavy atom. The number of hydrogen-bond donors (Lipinski definition) is 2. The van der Waals surface area contributed by atoms with Gasteiger partial charge < -0.3 is 15.5 Å². The van der Waals surface area contributed by atoms with Crippen LogP contribution in [-0.2, 0) is 31.9 Å². The summed E-state index contributed by atoms with van der Waals surface area (Å²) in [6.07, 6.45) is -4.63. The number of aromatic nitrogens is 1. The van der Waals surface area contributed by atoms with Gasteiger partial charge in [0, 0.05) is 44.2 Å². The summed E-state index contributed by atoms with van der Waals surface area (Å²) in [4.78, 5) is 8.89. The van der Waals surface area contributed by atoms with Crippen molar-refractivity contribution in [2.75, 3.05) is 25.0 Å². The molecule has 2 saturated carbocycles. The van der Waals surface area contributed by atoms with Crippen molar-refractivity contribution in [3.63, 3.8) is 0 Å². The van der Waals surface area contributed by atoms with Crippen molar-refractivity contribution in [3.8, 4) is 0 Å². The van der Waals surface area contributed by atoms with Crippen LogP contribution in [0.15, 0.2) is 47.6 Å². The van der Waals surface area contributed by atoms with E-state index in [1.165, 1.54) is 11.9 Å². The maximum Gasteiger partial charge on any atom is 0.416 e. The van der Waals surface area contributed by atoms with E-state index in [-0.39, 0.29) is 30.7 Å². The summed E-state index contributed by atoms with van der Waals surface area (Å²) >= 11 is 0. The molecule has 44 heavy (non-hydrogen) atoms.